The van der Waals surface area contributed by atoms with E-state index in [0.29, 0.717) is 5.92 Å². The third kappa shape index (κ3) is 5.53. The van der Waals surface area contributed by atoms with Gasteiger partial charge in [0.05, 0.1) is 6.61 Å². The molecule has 0 saturated heterocycles. The van der Waals surface area contributed by atoms with Crippen molar-refractivity contribution in [1.82, 2.24) is 5.32 Å². The van der Waals surface area contributed by atoms with Crippen LogP contribution in [0.5, 0.6) is 5.75 Å². The van der Waals surface area contributed by atoms with Crippen LogP contribution in [0.3, 0.4) is 0 Å². The molecule has 2 aromatic carbocycles. The summed E-state index contributed by atoms with van der Waals surface area (Å²) < 4.78 is 5.74. The molecule has 0 radical (unpaired) electrons. The molecule has 0 unspecified atom stereocenters. The van der Waals surface area contributed by atoms with Crippen LogP contribution in [0.4, 0.5) is 0 Å². The molecule has 0 bridgehead atoms. The summed E-state index contributed by atoms with van der Waals surface area (Å²) in [6.45, 7) is 9.15. The first-order valence-electron chi connectivity index (χ1n) is 8.12. The Morgan fingerprint density at radius 2 is 1.68 bits per heavy atom. The predicted octanol–water partition coefficient (Wildman–Crippen LogP) is 4.71. The van der Waals surface area contributed by atoms with E-state index >= 15 is 0 Å². The average molecular weight is 297 g/mol. The second-order valence-corrected chi connectivity index (χ2v) is 6.20. The van der Waals surface area contributed by atoms with E-state index in [4.69, 9.17) is 4.74 Å². The Labute approximate surface area is 134 Å². The highest BCUT2D eigenvalue weighted by molar-refractivity contribution is 5.28. The molecule has 2 aromatic rings. The van der Waals surface area contributed by atoms with Crippen molar-refractivity contribution in [3.63, 3.8) is 0 Å². The molecular weight excluding hydrogens is 270 g/mol. The number of nitrogens with one attached hydrogen (secondary N) is 1. The van der Waals surface area contributed by atoms with Crippen molar-refractivity contribution < 1.29 is 4.74 Å². The molecule has 2 rings (SSSR count). The van der Waals surface area contributed by atoms with Gasteiger partial charge in [-0.3, -0.25) is 0 Å². The van der Waals surface area contributed by atoms with Crippen LogP contribution < -0.4 is 10.1 Å². The van der Waals surface area contributed by atoms with Crippen LogP contribution in [0.25, 0.3) is 0 Å². The van der Waals surface area contributed by atoms with Crippen molar-refractivity contribution in [3.8, 4) is 5.75 Å². The highest BCUT2D eigenvalue weighted by Crippen LogP contribution is 2.14. The highest BCUT2D eigenvalue weighted by Gasteiger charge is 1.99. The van der Waals surface area contributed by atoms with Crippen LogP contribution in [0.2, 0.25) is 0 Å². The molecule has 118 valence electrons. The molecule has 22 heavy (non-hydrogen) atoms. The molecule has 0 aliphatic carbocycles. The van der Waals surface area contributed by atoms with Crippen molar-refractivity contribution in [1.29, 1.82) is 0 Å². The quantitative estimate of drug-likeness (QED) is 0.762. The van der Waals surface area contributed by atoms with Gasteiger partial charge in [-0.2, -0.15) is 0 Å². The van der Waals surface area contributed by atoms with Crippen LogP contribution in [0.15, 0.2) is 48.5 Å². The van der Waals surface area contributed by atoms with Gasteiger partial charge in [-0.05, 0) is 48.1 Å². The van der Waals surface area contributed by atoms with Gasteiger partial charge in [-0.15, -0.1) is 0 Å². The Morgan fingerprint density at radius 3 is 2.36 bits per heavy atom. The Morgan fingerprint density at radius 1 is 0.955 bits per heavy atom. The maximum Gasteiger partial charge on any atom is 0.119 e. The summed E-state index contributed by atoms with van der Waals surface area (Å²) in [5.41, 5.74) is 3.98. The number of benzene rings is 2. The zero-order valence-corrected chi connectivity index (χ0v) is 13.9. The van der Waals surface area contributed by atoms with Gasteiger partial charge in [0.15, 0.2) is 0 Å². The van der Waals surface area contributed by atoms with E-state index in [0.717, 1.165) is 31.9 Å². The van der Waals surface area contributed by atoms with Crippen LogP contribution in [-0.2, 0) is 13.1 Å². The fraction of sp³-hybridized carbons (Fsp3) is 0.400. The zero-order valence-electron chi connectivity index (χ0n) is 13.9. The molecule has 0 spiro atoms. The van der Waals surface area contributed by atoms with Crippen molar-refractivity contribution in [3.05, 3.63) is 65.2 Å². The van der Waals surface area contributed by atoms with Gasteiger partial charge in [0.2, 0.25) is 0 Å². The van der Waals surface area contributed by atoms with Gasteiger partial charge in [-0.25, -0.2) is 0 Å². The second kappa shape index (κ2) is 8.60. The van der Waals surface area contributed by atoms with Gasteiger partial charge >= 0.3 is 0 Å². The van der Waals surface area contributed by atoms with E-state index in [1.807, 2.05) is 0 Å². The summed E-state index contributed by atoms with van der Waals surface area (Å²) in [6.07, 6.45) is 1.10. The summed E-state index contributed by atoms with van der Waals surface area (Å²) in [7, 11) is 0. The molecule has 0 saturated carbocycles. The molecule has 0 aliphatic rings. The van der Waals surface area contributed by atoms with Crippen LogP contribution in [-0.4, -0.2) is 6.61 Å². The van der Waals surface area contributed by atoms with Crippen molar-refractivity contribution >= 4 is 0 Å². The normalized spacial score (nSPS) is 10.9. The molecule has 0 fully saturated rings. The van der Waals surface area contributed by atoms with E-state index in [9.17, 15) is 0 Å². The highest BCUT2D eigenvalue weighted by atomic mass is 16.5. The second-order valence-electron chi connectivity index (χ2n) is 6.20. The topological polar surface area (TPSA) is 21.3 Å². The lowest BCUT2D eigenvalue weighted by atomic mass is 10.1. The fourth-order valence-corrected chi connectivity index (χ4v) is 2.27. The lowest BCUT2D eigenvalue weighted by Gasteiger charge is -2.10. The van der Waals surface area contributed by atoms with Crippen molar-refractivity contribution in [2.45, 2.75) is 40.3 Å². The van der Waals surface area contributed by atoms with Gasteiger partial charge in [0, 0.05) is 13.1 Å². The molecule has 1 N–H and O–H groups in total. The minimum Gasteiger partial charge on any atom is -0.494 e. The lowest BCUT2D eigenvalue weighted by molar-refractivity contribution is 0.289. The van der Waals surface area contributed by atoms with E-state index < -0.39 is 0 Å². The molecule has 0 aliphatic heterocycles. The predicted molar refractivity (Wildman–Crippen MR) is 93.1 cm³/mol. The number of hydrogen-bond acceptors (Lipinski definition) is 2. The van der Waals surface area contributed by atoms with Gasteiger partial charge in [0.1, 0.15) is 5.75 Å². The molecule has 2 heteroatoms. The summed E-state index contributed by atoms with van der Waals surface area (Å²) in [5, 5.41) is 3.50. The SMILES string of the molecule is Cc1ccccc1CNCc1ccc(OCCC(C)C)cc1. The van der Waals surface area contributed by atoms with E-state index in [2.05, 4.69) is 74.6 Å². The largest absolute Gasteiger partial charge is 0.494 e. The van der Waals surface area contributed by atoms with Gasteiger partial charge in [0.25, 0.3) is 0 Å². The number of ether oxygens (including phenoxy) is 1. The smallest absolute Gasteiger partial charge is 0.119 e. The Hall–Kier alpha value is -1.80. The zero-order chi connectivity index (χ0) is 15.8. The van der Waals surface area contributed by atoms with Gasteiger partial charge < -0.3 is 10.1 Å². The van der Waals surface area contributed by atoms with Crippen molar-refractivity contribution in [2.24, 2.45) is 5.92 Å². The first-order valence-corrected chi connectivity index (χ1v) is 8.12. The summed E-state index contributed by atoms with van der Waals surface area (Å²) in [5.74, 6) is 1.65. The molecule has 0 aromatic heterocycles. The maximum absolute atomic E-state index is 5.74. The lowest BCUT2D eigenvalue weighted by Crippen LogP contribution is -2.13. The summed E-state index contributed by atoms with van der Waals surface area (Å²) in [6, 6.07) is 16.9. The first-order chi connectivity index (χ1) is 10.6. The van der Waals surface area contributed by atoms with Gasteiger partial charge in [-0.1, -0.05) is 50.2 Å². The molecule has 0 atom stereocenters. The minimum atomic E-state index is 0.685. The van der Waals surface area contributed by atoms with Crippen molar-refractivity contribution in [2.75, 3.05) is 6.61 Å². The first kappa shape index (κ1) is 16.6. The van der Waals surface area contributed by atoms with Crippen LogP contribution in [0.1, 0.15) is 37.0 Å². The van der Waals surface area contributed by atoms with E-state index in [1.165, 1.54) is 16.7 Å². The number of hydrogen-bond donors (Lipinski definition) is 1. The third-order valence-electron chi connectivity index (χ3n) is 3.79. The Bertz CT molecular complexity index is 560. The molecule has 2 nitrogen and oxygen atoms in total. The monoisotopic (exact) mass is 297 g/mol. The van der Waals surface area contributed by atoms with Crippen LogP contribution in [0, 0.1) is 12.8 Å². The Balaban J connectivity index is 1.75. The van der Waals surface area contributed by atoms with E-state index in [-0.39, 0.29) is 0 Å². The third-order valence-corrected chi connectivity index (χ3v) is 3.79. The minimum absolute atomic E-state index is 0.685. The molecular formula is C20H27NO. The van der Waals surface area contributed by atoms with Crippen LogP contribution >= 0.6 is 0 Å². The standard InChI is InChI=1S/C20H27NO/c1-16(2)12-13-22-20-10-8-18(9-11-20)14-21-15-19-7-5-4-6-17(19)3/h4-11,16,21H,12-15H2,1-3H3. The maximum atomic E-state index is 5.74. The fourth-order valence-electron chi connectivity index (χ4n) is 2.27. The number of rotatable bonds is 8. The summed E-state index contributed by atoms with van der Waals surface area (Å²) in [4.78, 5) is 0. The molecule has 0 heterocycles. The van der Waals surface area contributed by atoms with E-state index in [1.54, 1.807) is 0 Å². The summed E-state index contributed by atoms with van der Waals surface area (Å²) >= 11 is 0. The molecule has 0 amide bonds. The average Bonchev–Trinajstić information content (AvgIpc) is 2.50. The number of aryl methyl sites for hydroxylation is 1. The Kier molecular flexibility index (Phi) is 6.47.